The standard InChI is InChI=1S/C11H11BO5/c1-2-16-11(13)10-6-7-5-8(12(14)15)3-4-9(7)17-10/h3-6,14-15H,2H2,1H3. The highest BCUT2D eigenvalue weighted by Crippen LogP contribution is 2.18. The maximum Gasteiger partial charge on any atom is 0.488 e. The number of ether oxygens (including phenoxy) is 1. The van der Waals surface area contributed by atoms with E-state index in [0.717, 1.165) is 0 Å². The van der Waals surface area contributed by atoms with Crippen LogP contribution in [0.1, 0.15) is 17.5 Å². The molecule has 2 rings (SSSR count). The monoisotopic (exact) mass is 234 g/mol. The zero-order chi connectivity index (χ0) is 12.4. The summed E-state index contributed by atoms with van der Waals surface area (Å²) in [5, 5.41) is 18.7. The second-order valence-corrected chi connectivity index (χ2v) is 3.50. The van der Waals surface area contributed by atoms with Gasteiger partial charge in [-0.1, -0.05) is 12.1 Å². The van der Waals surface area contributed by atoms with Crippen LogP contribution in [0.4, 0.5) is 0 Å². The number of benzene rings is 1. The maximum absolute atomic E-state index is 11.4. The van der Waals surface area contributed by atoms with Gasteiger partial charge in [0.25, 0.3) is 0 Å². The number of hydrogen-bond acceptors (Lipinski definition) is 5. The van der Waals surface area contributed by atoms with Crippen LogP contribution in [-0.4, -0.2) is 29.7 Å². The predicted octanol–water partition coefficient (Wildman–Crippen LogP) is 0.289. The van der Waals surface area contributed by atoms with Crippen molar-refractivity contribution in [2.45, 2.75) is 6.92 Å². The number of rotatable bonds is 3. The molecule has 0 saturated carbocycles. The Labute approximate surface area is 97.8 Å². The fourth-order valence-electron chi connectivity index (χ4n) is 1.53. The molecule has 6 heteroatoms. The fraction of sp³-hybridized carbons (Fsp3) is 0.182. The van der Waals surface area contributed by atoms with Crippen molar-refractivity contribution >= 4 is 29.5 Å². The van der Waals surface area contributed by atoms with E-state index in [1.807, 2.05) is 0 Å². The third kappa shape index (κ3) is 2.32. The van der Waals surface area contributed by atoms with Crippen LogP contribution < -0.4 is 5.46 Å². The predicted molar refractivity (Wildman–Crippen MR) is 62.0 cm³/mol. The Kier molecular flexibility index (Phi) is 3.17. The van der Waals surface area contributed by atoms with E-state index in [0.29, 0.717) is 16.4 Å². The number of carbonyl (C=O) groups excluding carboxylic acids is 1. The second-order valence-electron chi connectivity index (χ2n) is 3.50. The van der Waals surface area contributed by atoms with Gasteiger partial charge in [0.2, 0.25) is 5.76 Å². The molecule has 0 saturated heterocycles. The van der Waals surface area contributed by atoms with Gasteiger partial charge in [-0.25, -0.2) is 4.79 Å². The van der Waals surface area contributed by atoms with Crippen LogP contribution in [0.5, 0.6) is 0 Å². The summed E-state index contributed by atoms with van der Waals surface area (Å²) in [4.78, 5) is 11.4. The van der Waals surface area contributed by atoms with Gasteiger partial charge >= 0.3 is 13.1 Å². The van der Waals surface area contributed by atoms with Crippen molar-refractivity contribution in [2.24, 2.45) is 0 Å². The SMILES string of the molecule is CCOC(=O)c1cc2cc(B(O)O)ccc2o1. The fourth-order valence-corrected chi connectivity index (χ4v) is 1.53. The van der Waals surface area contributed by atoms with Gasteiger partial charge < -0.3 is 19.2 Å². The minimum Gasteiger partial charge on any atom is -0.460 e. The first-order valence-corrected chi connectivity index (χ1v) is 5.18. The van der Waals surface area contributed by atoms with Gasteiger partial charge in [-0.3, -0.25) is 0 Å². The van der Waals surface area contributed by atoms with E-state index in [2.05, 4.69) is 0 Å². The maximum atomic E-state index is 11.4. The van der Waals surface area contributed by atoms with Crippen molar-refractivity contribution in [3.63, 3.8) is 0 Å². The molecule has 0 radical (unpaired) electrons. The van der Waals surface area contributed by atoms with Crippen molar-refractivity contribution in [3.8, 4) is 0 Å². The second kappa shape index (κ2) is 4.61. The van der Waals surface area contributed by atoms with Crippen molar-refractivity contribution in [1.29, 1.82) is 0 Å². The highest BCUT2D eigenvalue weighted by Gasteiger charge is 2.16. The zero-order valence-electron chi connectivity index (χ0n) is 9.21. The molecule has 17 heavy (non-hydrogen) atoms. The normalized spacial score (nSPS) is 10.5. The van der Waals surface area contributed by atoms with Crippen molar-refractivity contribution in [2.75, 3.05) is 6.61 Å². The molecule has 0 aliphatic heterocycles. The minimum atomic E-state index is -1.54. The van der Waals surface area contributed by atoms with Crippen LogP contribution in [0.3, 0.4) is 0 Å². The van der Waals surface area contributed by atoms with E-state index >= 15 is 0 Å². The number of esters is 1. The Hall–Kier alpha value is -1.79. The first kappa shape index (κ1) is 11.7. The van der Waals surface area contributed by atoms with Crippen molar-refractivity contribution in [3.05, 3.63) is 30.0 Å². The lowest BCUT2D eigenvalue weighted by atomic mass is 9.80. The zero-order valence-corrected chi connectivity index (χ0v) is 9.21. The highest BCUT2D eigenvalue weighted by molar-refractivity contribution is 6.58. The molecular formula is C11H11BO5. The van der Waals surface area contributed by atoms with Crippen LogP contribution in [0.15, 0.2) is 28.7 Å². The lowest BCUT2D eigenvalue weighted by Crippen LogP contribution is -2.29. The summed E-state index contributed by atoms with van der Waals surface area (Å²) in [6.07, 6.45) is 0. The van der Waals surface area contributed by atoms with E-state index < -0.39 is 13.1 Å². The van der Waals surface area contributed by atoms with Gasteiger partial charge in [0, 0.05) is 5.39 Å². The van der Waals surface area contributed by atoms with Crippen molar-refractivity contribution < 1.29 is 24.0 Å². The minimum absolute atomic E-state index is 0.103. The van der Waals surface area contributed by atoms with Crippen LogP contribution in [0, 0.1) is 0 Å². The average Bonchev–Trinajstić information content (AvgIpc) is 2.71. The summed E-state index contributed by atoms with van der Waals surface area (Å²) < 4.78 is 10.1. The molecule has 0 spiro atoms. The van der Waals surface area contributed by atoms with Gasteiger partial charge in [-0.05, 0) is 24.5 Å². The van der Waals surface area contributed by atoms with Crippen LogP contribution in [-0.2, 0) is 4.74 Å². The molecule has 5 nitrogen and oxygen atoms in total. The molecule has 0 aliphatic rings. The first-order valence-electron chi connectivity index (χ1n) is 5.18. The summed E-state index contributed by atoms with van der Waals surface area (Å²) in [6, 6.07) is 6.16. The Bertz CT molecular complexity index is 546. The average molecular weight is 234 g/mol. The molecule has 88 valence electrons. The number of furan rings is 1. The summed E-state index contributed by atoms with van der Waals surface area (Å²) in [5.74, 6) is -0.429. The van der Waals surface area contributed by atoms with Crippen molar-refractivity contribution in [1.82, 2.24) is 0 Å². The summed E-state index contributed by atoms with van der Waals surface area (Å²) in [7, 11) is -1.54. The Balaban J connectivity index is 2.40. The Morgan fingerprint density at radius 1 is 1.41 bits per heavy atom. The van der Waals surface area contributed by atoms with Gasteiger partial charge in [0.15, 0.2) is 0 Å². The molecule has 1 aromatic heterocycles. The summed E-state index contributed by atoms with van der Waals surface area (Å²) >= 11 is 0. The molecule has 1 heterocycles. The van der Waals surface area contributed by atoms with E-state index in [1.165, 1.54) is 12.1 Å². The third-order valence-corrected chi connectivity index (χ3v) is 2.32. The van der Waals surface area contributed by atoms with Crippen LogP contribution in [0.25, 0.3) is 11.0 Å². The lowest BCUT2D eigenvalue weighted by Gasteiger charge is -1.97. The number of hydrogen-bond donors (Lipinski definition) is 2. The molecule has 2 aromatic rings. The van der Waals surface area contributed by atoms with Crippen LogP contribution in [0.2, 0.25) is 0 Å². The van der Waals surface area contributed by atoms with E-state index in [1.54, 1.807) is 19.1 Å². The molecule has 0 amide bonds. The first-order chi connectivity index (χ1) is 8.11. The molecule has 0 bridgehead atoms. The molecule has 0 aliphatic carbocycles. The van der Waals surface area contributed by atoms with Crippen LogP contribution >= 0.6 is 0 Å². The van der Waals surface area contributed by atoms with Gasteiger partial charge in [0.05, 0.1) is 6.61 Å². The quantitative estimate of drug-likeness (QED) is 0.589. The Morgan fingerprint density at radius 2 is 2.18 bits per heavy atom. The lowest BCUT2D eigenvalue weighted by molar-refractivity contribution is 0.0492. The number of fused-ring (bicyclic) bond motifs is 1. The molecular weight excluding hydrogens is 223 g/mol. The molecule has 0 atom stereocenters. The number of carbonyl (C=O) groups is 1. The molecule has 0 unspecified atom stereocenters. The van der Waals surface area contributed by atoms with E-state index in [9.17, 15) is 4.79 Å². The highest BCUT2D eigenvalue weighted by atomic mass is 16.5. The largest absolute Gasteiger partial charge is 0.488 e. The van der Waals surface area contributed by atoms with Gasteiger partial charge in [0.1, 0.15) is 5.58 Å². The third-order valence-electron chi connectivity index (χ3n) is 2.32. The smallest absolute Gasteiger partial charge is 0.460 e. The molecule has 2 N–H and O–H groups in total. The van der Waals surface area contributed by atoms with Gasteiger partial charge in [-0.2, -0.15) is 0 Å². The summed E-state index contributed by atoms with van der Waals surface area (Å²) in [5.41, 5.74) is 0.839. The molecule has 0 fully saturated rings. The van der Waals surface area contributed by atoms with E-state index in [-0.39, 0.29) is 12.4 Å². The summed E-state index contributed by atoms with van der Waals surface area (Å²) in [6.45, 7) is 1.98. The topological polar surface area (TPSA) is 79.9 Å². The van der Waals surface area contributed by atoms with Gasteiger partial charge in [-0.15, -0.1) is 0 Å². The molecule has 1 aromatic carbocycles. The van der Waals surface area contributed by atoms with E-state index in [4.69, 9.17) is 19.2 Å². The Morgan fingerprint density at radius 3 is 2.82 bits per heavy atom.